The SMILES string of the molecule is CCc1cc(F)c(-c2cnc(Cl)c(F)c2)c(F)c1. The van der Waals surface area contributed by atoms with Crippen molar-refractivity contribution in [1.82, 2.24) is 4.98 Å². The second kappa shape index (κ2) is 4.98. The lowest BCUT2D eigenvalue weighted by Crippen LogP contribution is -1.95. The van der Waals surface area contributed by atoms with Crippen molar-refractivity contribution in [2.24, 2.45) is 0 Å². The molecule has 0 radical (unpaired) electrons. The van der Waals surface area contributed by atoms with E-state index in [1.54, 1.807) is 6.92 Å². The van der Waals surface area contributed by atoms with Crippen molar-refractivity contribution in [3.8, 4) is 11.1 Å². The number of aryl methyl sites for hydroxylation is 1. The number of halogens is 4. The molecule has 0 aliphatic carbocycles. The van der Waals surface area contributed by atoms with Crippen LogP contribution in [-0.4, -0.2) is 4.98 Å². The summed E-state index contributed by atoms with van der Waals surface area (Å²) < 4.78 is 40.8. The standard InChI is InChI=1S/C13H9ClF3N/c1-2-7-3-9(15)12(10(16)4-7)8-5-11(17)13(14)18-6-8/h3-6H,2H2,1H3. The highest BCUT2D eigenvalue weighted by molar-refractivity contribution is 6.29. The highest BCUT2D eigenvalue weighted by atomic mass is 35.5. The predicted octanol–water partition coefficient (Wildman–Crippen LogP) is 4.38. The smallest absolute Gasteiger partial charge is 0.164 e. The number of aromatic nitrogens is 1. The van der Waals surface area contributed by atoms with Gasteiger partial charge in [0, 0.05) is 11.8 Å². The van der Waals surface area contributed by atoms with Crippen LogP contribution in [0.5, 0.6) is 0 Å². The van der Waals surface area contributed by atoms with E-state index < -0.39 is 17.5 Å². The van der Waals surface area contributed by atoms with E-state index >= 15 is 0 Å². The Bertz CT molecular complexity index is 576. The van der Waals surface area contributed by atoms with Gasteiger partial charge >= 0.3 is 0 Å². The molecule has 0 unspecified atom stereocenters. The first kappa shape index (κ1) is 12.9. The van der Waals surface area contributed by atoms with Gasteiger partial charge in [0.05, 0.1) is 5.56 Å². The molecule has 0 saturated carbocycles. The Morgan fingerprint density at radius 2 is 1.67 bits per heavy atom. The fourth-order valence-corrected chi connectivity index (χ4v) is 1.77. The number of nitrogens with zero attached hydrogens (tertiary/aromatic N) is 1. The zero-order chi connectivity index (χ0) is 13.3. The average Bonchev–Trinajstić information content (AvgIpc) is 2.32. The Kier molecular flexibility index (Phi) is 3.57. The van der Waals surface area contributed by atoms with E-state index in [-0.39, 0.29) is 16.3 Å². The summed E-state index contributed by atoms with van der Waals surface area (Å²) in [6.07, 6.45) is 1.65. The summed E-state index contributed by atoms with van der Waals surface area (Å²) >= 11 is 5.42. The summed E-state index contributed by atoms with van der Waals surface area (Å²) in [5, 5.41) is -0.329. The number of hydrogen-bond donors (Lipinski definition) is 0. The lowest BCUT2D eigenvalue weighted by atomic mass is 10.0. The van der Waals surface area contributed by atoms with Crippen LogP contribution in [0.2, 0.25) is 5.15 Å². The van der Waals surface area contributed by atoms with Gasteiger partial charge in [-0.15, -0.1) is 0 Å². The molecule has 2 aromatic rings. The summed E-state index contributed by atoms with van der Waals surface area (Å²) in [5.41, 5.74) is 0.265. The zero-order valence-electron chi connectivity index (χ0n) is 9.48. The van der Waals surface area contributed by atoms with Crippen molar-refractivity contribution in [2.45, 2.75) is 13.3 Å². The Morgan fingerprint density at radius 1 is 1.06 bits per heavy atom. The normalized spacial score (nSPS) is 10.7. The molecule has 2 rings (SSSR count). The molecule has 94 valence electrons. The van der Waals surface area contributed by atoms with Crippen molar-refractivity contribution in [1.29, 1.82) is 0 Å². The maximum absolute atomic E-state index is 13.8. The quantitative estimate of drug-likeness (QED) is 0.739. The summed E-state index contributed by atoms with van der Waals surface area (Å²) in [6.45, 7) is 1.79. The topological polar surface area (TPSA) is 12.9 Å². The average molecular weight is 272 g/mol. The molecule has 0 bridgehead atoms. The molecule has 18 heavy (non-hydrogen) atoms. The van der Waals surface area contributed by atoms with Gasteiger partial charge in [-0.1, -0.05) is 18.5 Å². The largest absolute Gasteiger partial charge is 0.241 e. The zero-order valence-corrected chi connectivity index (χ0v) is 10.2. The molecule has 1 heterocycles. The van der Waals surface area contributed by atoms with Gasteiger partial charge in [0.2, 0.25) is 0 Å². The van der Waals surface area contributed by atoms with Crippen LogP contribution in [0.3, 0.4) is 0 Å². The van der Waals surface area contributed by atoms with Crippen LogP contribution < -0.4 is 0 Å². The van der Waals surface area contributed by atoms with Crippen LogP contribution in [0.4, 0.5) is 13.2 Å². The summed E-state index contributed by atoms with van der Waals surface area (Å²) in [6, 6.07) is 3.41. The molecule has 0 spiro atoms. The van der Waals surface area contributed by atoms with Crippen LogP contribution in [0.1, 0.15) is 12.5 Å². The second-order valence-corrected chi connectivity index (χ2v) is 4.14. The van der Waals surface area contributed by atoms with Gasteiger partial charge in [-0.2, -0.15) is 0 Å². The van der Waals surface area contributed by atoms with E-state index in [9.17, 15) is 13.2 Å². The third-order valence-electron chi connectivity index (χ3n) is 2.60. The maximum Gasteiger partial charge on any atom is 0.164 e. The van der Waals surface area contributed by atoms with Crippen LogP contribution >= 0.6 is 11.6 Å². The van der Waals surface area contributed by atoms with Gasteiger partial charge in [-0.05, 0) is 30.2 Å². The summed E-state index contributed by atoms with van der Waals surface area (Å²) in [7, 11) is 0. The highest BCUT2D eigenvalue weighted by Crippen LogP contribution is 2.28. The Balaban J connectivity index is 2.60. The molecule has 1 aromatic carbocycles. The van der Waals surface area contributed by atoms with Gasteiger partial charge < -0.3 is 0 Å². The second-order valence-electron chi connectivity index (χ2n) is 3.78. The maximum atomic E-state index is 13.8. The molecule has 5 heteroatoms. The third kappa shape index (κ3) is 2.34. The van der Waals surface area contributed by atoms with E-state index in [1.165, 1.54) is 12.1 Å². The first-order chi connectivity index (χ1) is 8.52. The van der Waals surface area contributed by atoms with Crippen LogP contribution in [0, 0.1) is 17.5 Å². The molecule has 0 atom stereocenters. The Labute approximate surface area is 107 Å². The van der Waals surface area contributed by atoms with Crippen LogP contribution in [0.25, 0.3) is 11.1 Å². The number of pyridine rings is 1. The van der Waals surface area contributed by atoms with Crippen LogP contribution in [0.15, 0.2) is 24.4 Å². The van der Waals surface area contributed by atoms with Crippen molar-refractivity contribution in [2.75, 3.05) is 0 Å². The first-order valence-electron chi connectivity index (χ1n) is 5.32. The van der Waals surface area contributed by atoms with Crippen molar-refractivity contribution >= 4 is 11.6 Å². The van der Waals surface area contributed by atoms with Crippen molar-refractivity contribution < 1.29 is 13.2 Å². The Morgan fingerprint density at radius 3 is 2.17 bits per heavy atom. The minimum Gasteiger partial charge on any atom is -0.241 e. The van der Waals surface area contributed by atoms with E-state index in [4.69, 9.17) is 11.6 Å². The lowest BCUT2D eigenvalue weighted by Gasteiger charge is -2.07. The van der Waals surface area contributed by atoms with Crippen molar-refractivity contribution in [3.63, 3.8) is 0 Å². The molecule has 0 N–H and O–H groups in total. The summed E-state index contributed by atoms with van der Waals surface area (Å²) in [5.74, 6) is -2.29. The first-order valence-corrected chi connectivity index (χ1v) is 5.70. The van der Waals surface area contributed by atoms with Gasteiger partial charge in [-0.3, -0.25) is 0 Å². The molecule has 1 nitrogen and oxygen atoms in total. The molecule has 0 amide bonds. The van der Waals surface area contributed by atoms with Gasteiger partial charge in [-0.25, -0.2) is 18.2 Å². The molecular formula is C13H9ClF3N. The van der Waals surface area contributed by atoms with Crippen LogP contribution in [-0.2, 0) is 6.42 Å². The third-order valence-corrected chi connectivity index (χ3v) is 2.87. The molecular weight excluding hydrogens is 263 g/mol. The van der Waals surface area contributed by atoms with Gasteiger partial charge in [0.15, 0.2) is 11.0 Å². The number of benzene rings is 1. The predicted molar refractivity (Wildman–Crippen MR) is 63.9 cm³/mol. The Hall–Kier alpha value is -1.55. The van der Waals surface area contributed by atoms with E-state index in [0.29, 0.717) is 12.0 Å². The summed E-state index contributed by atoms with van der Waals surface area (Å²) in [4.78, 5) is 3.54. The molecule has 0 fully saturated rings. The molecule has 0 aliphatic rings. The minimum atomic E-state index is -0.812. The molecule has 0 saturated heterocycles. The highest BCUT2D eigenvalue weighted by Gasteiger charge is 2.15. The van der Waals surface area contributed by atoms with Gasteiger partial charge in [0.25, 0.3) is 0 Å². The fraction of sp³-hybridized carbons (Fsp3) is 0.154. The van der Waals surface area contributed by atoms with Crippen molar-refractivity contribution in [3.05, 3.63) is 52.6 Å². The van der Waals surface area contributed by atoms with E-state index in [2.05, 4.69) is 4.98 Å². The molecule has 1 aromatic heterocycles. The number of hydrogen-bond acceptors (Lipinski definition) is 1. The fourth-order valence-electron chi connectivity index (χ4n) is 1.66. The minimum absolute atomic E-state index is 0.0227. The monoisotopic (exact) mass is 271 g/mol. The lowest BCUT2D eigenvalue weighted by molar-refractivity contribution is 0.585. The van der Waals surface area contributed by atoms with E-state index in [0.717, 1.165) is 12.3 Å². The molecule has 0 aliphatic heterocycles. The van der Waals surface area contributed by atoms with E-state index in [1.807, 2.05) is 0 Å². The van der Waals surface area contributed by atoms with Gasteiger partial charge in [0.1, 0.15) is 11.6 Å². The number of rotatable bonds is 2.